The number of nitro groups is 2. The minimum atomic E-state index is -1.51. The molecule has 16 heteroatoms. The van der Waals surface area contributed by atoms with Gasteiger partial charge in [-0.2, -0.15) is 0 Å². The Balaban J connectivity index is 0.000000230. The molecule has 0 saturated carbocycles. The van der Waals surface area contributed by atoms with Gasteiger partial charge in [0.05, 0.1) is 14.2 Å². The van der Waals surface area contributed by atoms with Crippen molar-refractivity contribution in [1.82, 2.24) is 19.1 Å². The lowest BCUT2D eigenvalue weighted by atomic mass is 9.92. The topological polar surface area (TPSA) is 215 Å². The van der Waals surface area contributed by atoms with Crippen LogP contribution in [0.2, 0.25) is 0 Å². The van der Waals surface area contributed by atoms with E-state index in [4.69, 9.17) is 9.47 Å². The van der Waals surface area contributed by atoms with E-state index in [0.29, 0.717) is 22.6 Å². The average molecular weight is 583 g/mol. The summed E-state index contributed by atoms with van der Waals surface area (Å²) in [6, 6.07) is 12.9. The van der Waals surface area contributed by atoms with Crippen LogP contribution in [0.4, 0.5) is 11.6 Å². The van der Waals surface area contributed by atoms with Crippen molar-refractivity contribution in [3.8, 4) is 11.5 Å². The molecule has 4 rings (SSSR count). The second-order valence-corrected chi connectivity index (χ2v) is 9.00. The number of ether oxygens (including phenoxy) is 2. The van der Waals surface area contributed by atoms with Gasteiger partial charge in [-0.3, -0.25) is 9.13 Å². The number of imidazole rings is 2. The van der Waals surface area contributed by atoms with Crippen LogP contribution in [-0.4, -0.2) is 65.3 Å². The molecular formula is C26H26N6O10. The molecule has 4 aromatic rings. The third-order valence-electron chi connectivity index (χ3n) is 6.68. The molecule has 0 saturated heterocycles. The molecule has 0 aliphatic heterocycles. The lowest BCUT2D eigenvalue weighted by Crippen LogP contribution is -2.39. The standard InChI is InChI=1S/2C13H13N3O5/c2*1-13(12(17)18,9-3-5-10(21-2)6-4-9)15-7-11(14-8-15)16(19)20/h2*3-8H,1-2H3,(H,17,18)/t2*13-/m10/s1. The number of hydrogen-bond donors (Lipinski definition) is 2. The third-order valence-corrected chi connectivity index (χ3v) is 6.68. The van der Waals surface area contributed by atoms with E-state index in [9.17, 15) is 40.0 Å². The zero-order valence-electron chi connectivity index (χ0n) is 22.8. The van der Waals surface area contributed by atoms with Crippen LogP contribution in [0.1, 0.15) is 25.0 Å². The van der Waals surface area contributed by atoms with E-state index in [1.54, 1.807) is 48.5 Å². The molecule has 2 aromatic heterocycles. The van der Waals surface area contributed by atoms with Gasteiger partial charge >= 0.3 is 23.6 Å². The van der Waals surface area contributed by atoms with E-state index in [0.717, 1.165) is 25.0 Å². The van der Waals surface area contributed by atoms with E-state index in [2.05, 4.69) is 9.97 Å². The summed E-state index contributed by atoms with van der Waals surface area (Å²) in [4.78, 5) is 50.7. The normalized spacial score (nSPS) is 13.4. The van der Waals surface area contributed by atoms with Crippen molar-refractivity contribution in [2.45, 2.75) is 24.9 Å². The third kappa shape index (κ3) is 5.86. The summed E-state index contributed by atoms with van der Waals surface area (Å²) in [6.07, 6.45) is 4.46. The highest BCUT2D eigenvalue weighted by Crippen LogP contribution is 2.30. The lowest BCUT2D eigenvalue weighted by molar-refractivity contribution is -0.389. The molecule has 0 amide bonds. The monoisotopic (exact) mass is 582 g/mol. The van der Waals surface area contributed by atoms with Gasteiger partial charge in [0.25, 0.3) is 0 Å². The molecule has 42 heavy (non-hydrogen) atoms. The van der Waals surface area contributed by atoms with Gasteiger partial charge in [-0.15, -0.1) is 0 Å². The Labute approximate surface area is 237 Å². The quantitative estimate of drug-likeness (QED) is 0.203. The number of benzene rings is 2. The Hall–Kier alpha value is -5.80. The molecule has 0 aliphatic rings. The van der Waals surface area contributed by atoms with Crippen LogP contribution in [0.15, 0.2) is 73.6 Å². The van der Waals surface area contributed by atoms with Gasteiger partial charge in [-0.25, -0.2) is 9.59 Å². The number of aliphatic carboxylic acids is 2. The summed E-state index contributed by atoms with van der Waals surface area (Å²) in [7, 11) is 3.01. The highest BCUT2D eigenvalue weighted by Gasteiger charge is 2.40. The number of carboxylic acid groups (broad SMARTS) is 2. The summed E-state index contributed by atoms with van der Waals surface area (Å²) < 4.78 is 12.5. The van der Waals surface area contributed by atoms with E-state index in [-0.39, 0.29) is 0 Å². The Bertz CT molecular complexity index is 1480. The van der Waals surface area contributed by atoms with Crippen LogP contribution >= 0.6 is 0 Å². The maximum absolute atomic E-state index is 11.7. The van der Waals surface area contributed by atoms with E-state index in [1.165, 1.54) is 37.2 Å². The first kappa shape index (κ1) is 30.7. The Morgan fingerprint density at radius 3 is 1.24 bits per heavy atom. The van der Waals surface area contributed by atoms with E-state index >= 15 is 0 Å². The average Bonchev–Trinajstić information content (AvgIpc) is 3.68. The molecule has 0 aliphatic carbocycles. The van der Waals surface area contributed by atoms with Crippen LogP contribution in [0, 0.1) is 20.2 Å². The van der Waals surface area contributed by atoms with Crippen molar-refractivity contribution >= 4 is 23.6 Å². The van der Waals surface area contributed by atoms with Gasteiger partial charge in [0, 0.05) is 0 Å². The minimum absolute atomic E-state index is 0.406. The van der Waals surface area contributed by atoms with Gasteiger partial charge in [0.2, 0.25) is 12.7 Å². The molecule has 0 bridgehead atoms. The molecule has 2 heterocycles. The van der Waals surface area contributed by atoms with E-state index < -0.39 is 44.5 Å². The fraction of sp³-hybridized carbons (Fsp3) is 0.231. The highest BCUT2D eigenvalue weighted by molar-refractivity contribution is 5.81. The van der Waals surface area contributed by atoms with Crippen molar-refractivity contribution < 1.29 is 39.1 Å². The predicted octanol–water partition coefficient (Wildman–Crippen LogP) is 3.30. The summed E-state index contributed by atoms with van der Waals surface area (Å²) in [5.41, 5.74) is -2.12. The van der Waals surface area contributed by atoms with E-state index in [1.807, 2.05) is 0 Å². The number of aromatic nitrogens is 4. The van der Waals surface area contributed by atoms with Gasteiger partial charge < -0.3 is 39.9 Å². The van der Waals surface area contributed by atoms with Gasteiger partial charge in [-0.05, 0) is 69.1 Å². The number of nitrogens with zero attached hydrogens (tertiary/aromatic N) is 6. The van der Waals surface area contributed by atoms with Crippen molar-refractivity contribution in [3.63, 3.8) is 0 Å². The van der Waals surface area contributed by atoms with Crippen LogP contribution in [-0.2, 0) is 20.7 Å². The van der Waals surface area contributed by atoms with Crippen molar-refractivity contribution in [3.05, 3.63) is 105 Å². The maximum atomic E-state index is 11.7. The zero-order chi connectivity index (χ0) is 31.2. The number of methoxy groups -OCH3 is 2. The van der Waals surface area contributed by atoms with Gasteiger partial charge in [-0.1, -0.05) is 24.3 Å². The molecule has 0 radical (unpaired) electrons. The first-order chi connectivity index (χ1) is 19.8. The fourth-order valence-electron chi connectivity index (χ4n) is 3.90. The number of rotatable bonds is 10. The minimum Gasteiger partial charge on any atom is -0.497 e. The zero-order valence-corrected chi connectivity index (χ0v) is 22.8. The molecule has 0 spiro atoms. The molecule has 220 valence electrons. The molecule has 0 unspecified atom stereocenters. The van der Waals surface area contributed by atoms with Crippen molar-refractivity contribution in [2.24, 2.45) is 0 Å². The molecule has 16 nitrogen and oxygen atoms in total. The van der Waals surface area contributed by atoms with Gasteiger partial charge in [0.1, 0.15) is 23.9 Å². The number of carbonyl (C=O) groups is 2. The Kier molecular flexibility index (Phi) is 8.90. The number of carboxylic acids is 2. The molecular weight excluding hydrogens is 556 g/mol. The second kappa shape index (κ2) is 12.2. The fourth-order valence-corrected chi connectivity index (χ4v) is 3.90. The van der Waals surface area contributed by atoms with Crippen LogP contribution < -0.4 is 9.47 Å². The highest BCUT2D eigenvalue weighted by atomic mass is 16.6. The summed E-state index contributed by atoms with van der Waals surface area (Å²) >= 11 is 0. The van der Waals surface area contributed by atoms with Crippen LogP contribution in [0.3, 0.4) is 0 Å². The first-order valence-corrected chi connectivity index (χ1v) is 11.9. The largest absolute Gasteiger partial charge is 0.497 e. The lowest BCUT2D eigenvalue weighted by Gasteiger charge is -2.26. The van der Waals surface area contributed by atoms with Crippen LogP contribution in [0.5, 0.6) is 11.5 Å². The Morgan fingerprint density at radius 2 is 1.02 bits per heavy atom. The summed E-state index contributed by atoms with van der Waals surface area (Å²) in [5.74, 6) is -1.95. The predicted molar refractivity (Wildman–Crippen MR) is 145 cm³/mol. The van der Waals surface area contributed by atoms with Crippen molar-refractivity contribution in [1.29, 1.82) is 0 Å². The molecule has 2 N–H and O–H groups in total. The van der Waals surface area contributed by atoms with Gasteiger partial charge in [0.15, 0.2) is 11.1 Å². The number of hydrogen-bond acceptors (Lipinski definition) is 10. The SMILES string of the molecule is COc1ccc([C@@](C)(C(=O)O)n2cnc([N+](=O)[O-])c2)cc1.COc1ccc([C@](C)(C(=O)O)n2cnc([N+](=O)[O-])c2)cc1. The second-order valence-electron chi connectivity index (χ2n) is 9.00. The first-order valence-electron chi connectivity index (χ1n) is 11.9. The maximum Gasteiger partial charge on any atom is 0.381 e. The molecule has 2 atom stereocenters. The summed E-state index contributed by atoms with van der Waals surface area (Å²) in [5, 5.41) is 40.5. The van der Waals surface area contributed by atoms with Crippen molar-refractivity contribution in [2.75, 3.05) is 14.2 Å². The summed E-state index contributed by atoms with van der Waals surface area (Å²) in [6.45, 7) is 2.89. The van der Waals surface area contributed by atoms with Crippen LogP contribution in [0.25, 0.3) is 0 Å². The Morgan fingerprint density at radius 1 is 0.714 bits per heavy atom. The molecule has 0 fully saturated rings. The smallest absolute Gasteiger partial charge is 0.381 e. The molecule has 2 aromatic carbocycles.